The third-order valence-electron chi connectivity index (χ3n) is 2.96. The molecule has 3 N–H and O–H groups in total. The van der Waals surface area contributed by atoms with Gasteiger partial charge in [0.2, 0.25) is 0 Å². The van der Waals surface area contributed by atoms with Crippen LogP contribution < -0.4 is 5.73 Å². The van der Waals surface area contributed by atoms with Crippen molar-refractivity contribution in [3.05, 3.63) is 0 Å². The van der Waals surface area contributed by atoms with Gasteiger partial charge in [0.05, 0.1) is 6.61 Å². The van der Waals surface area contributed by atoms with E-state index < -0.39 is 5.54 Å². The number of aliphatic hydroxyl groups is 1. The molecule has 0 bridgehead atoms. The van der Waals surface area contributed by atoms with Gasteiger partial charge in [0, 0.05) is 11.6 Å². The van der Waals surface area contributed by atoms with E-state index in [9.17, 15) is 0 Å². The van der Waals surface area contributed by atoms with Crippen LogP contribution in [-0.2, 0) is 0 Å². The summed E-state index contributed by atoms with van der Waals surface area (Å²) in [6.45, 7) is 7.33. The summed E-state index contributed by atoms with van der Waals surface area (Å²) < 4.78 is 0. The molecular weight excluding hydrogens is 176 g/mol. The van der Waals surface area contributed by atoms with Crippen LogP contribution in [0.3, 0.4) is 0 Å². The molecule has 0 saturated carbocycles. The van der Waals surface area contributed by atoms with Gasteiger partial charge in [-0.3, -0.25) is 0 Å². The lowest BCUT2D eigenvalue weighted by molar-refractivity contribution is 0.163. The Balaban J connectivity index is 3.88. The Morgan fingerprint density at radius 1 is 1.36 bits per heavy atom. The van der Waals surface area contributed by atoms with E-state index >= 15 is 0 Å². The molecule has 3 heteroatoms. The SMILES string of the molecule is CCC(CC)N(C)CCC(C)(N)CO. The van der Waals surface area contributed by atoms with Gasteiger partial charge in [-0.15, -0.1) is 0 Å². The molecule has 0 aliphatic carbocycles. The highest BCUT2D eigenvalue weighted by atomic mass is 16.3. The number of hydrogen-bond donors (Lipinski definition) is 2. The highest BCUT2D eigenvalue weighted by Gasteiger charge is 2.19. The van der Waals surface area contributed by atoms with Crippen molar-refractivity contribution in [3.63, 3.8) is 0 Å². The van der Waals surface area contributed by atoms with Crippen molar-refractivity contribution in [2.75, 3.05) is 20.2 Å². The summed E-state index contributed by atoms with van der Waals surface area (Å²) in [7, 11) is 2.13. The summed E-state index contributed by atoms with van der Waals surface area (Å²) >= 11 is 0. The predicted molar refractivity (Wildman–Crippen MR) is 61.3 cm³/mol. The quantitative estimate of drug-likeness (QED) is 0.652. The fraction of sp³-hybridized carbons (Fsp3) is 1.00. The van der Waals surface area contributed by atoms with E-state index in [1.54, 1.807) is 0 Å². The first-order chi connectivity index (χ1) is 6.46. The lowest BCUT2D eigenvalue weighted by atomic mass is 10.00. The Labute approximate surface area is 88.3 Å². The van der Waals surface area contributed by atoms with Gasteiger partial charge in [-0.25, -0.2) is 0 Å². The van der Waals surface area contributed by atoms with E-state index in [-0.39, 0.29) is 6.61 Å². The third kappa shape index (κ3) is 4.94. The number of aliphatic hydroxyl groups excluding tert-OH is 1. The van der Waals surface area contributed by atoms with Crippen molar-refractivity contribution >= 4 is 0 Å². The largest absolute Gasteiger partial charge is 0.394 e. The zero-order chi connectivity index (χ0) is 11.2. The lowest BCUT2D eigenvalue weighted by Crippen LogP contribution is -2.44. The van der Waals surface area contributed by atoms with Crippen LogP contribution in [0, 0.1) is 0 Å². The highest BCUT2D eigenvalue weighted by molar-refractivity contribution is 4.79. The van der Waals surface area contributed by atoms with Crippen LogP contribution >= 0.6 is 0 Å². The second-order valence-electron chi connectivity index (χ2n) is 4.51. The molecule has 1 atom stereocenters. The molecular formula is C11H26N2O. The maximum absolute atomic E-state index is 9.02. The maximum Gasteiger partial charge on any atom is 0.0608 e. The number of hydrogen-bond acceptors (Lipinski definition) is 3. The highest BCUT2D eigenvalue weighted by Crippen LogP contribution is 2.10. The molecule has 0 saturated heterocycles. The van der Waals surface area contributed by atoms with Gasteiger partial charge in [-0.05, 0) is 39.8 Å². The molecule has 0 fully saturated rings. The van der Waals surface area contributed by atoms with Crippen molar-refractivity contribution in [3.8, 4) is 0 Å². The van der Waals surface area contributed by atoms with Crippen LogP contribution in [0.4, 0.5) is 0 Å². The average Bonchev–Trinajstić information content (AvgIpc) is 2.17. The zero-order valence-electron chi connectivity index (χ0n) is 10.1. The molecule has 0 aromatic carbocycles. The minimum atomic E-state index is -0.430. The first-order valence-electron chi connectivity index (χ1n) is 5.56. The topological polar surface area (TPSA) is 49.5 Å². The number of rotatable bonds is 7. The summed E-state index contributed by atoms with van der Waals surface area (Å²) in [5, 5.41) is 9.02. The summed E-state index contributed by atoms with van der Waals surface area (Å²) in [6, 6.07) is 0.643. The molecule has 1 unspecified atom stereocenters. The standard InChI is InChI=1S/C11H26N2O/c1-5-10(6-2)13(4)8-7-11(3,12)9-14/h10,14H,5-9,12H2,1-4H3. The van der Waals surface area contributed by atoms with E-state index in [0.717, 1.165) is 13.0 Å². The molecule has 14 heavy (non-hydrogen) atoms. The normalized spacial score (nSPS) is 16.3. The molecule has 0 amide bonds. The zero-order valence-corrected chi connectivity index (χ0v) is 10.1. The predicted octanol–water partition coefficient (Wildman–Crippen LogP) is 1.21. The third-order valence-corrected chi connectivity index (χ3v) is 2.96. The monoisotopic (exact) mass is 202 g/mol. The summed E-state index contributed by atoms with van der Waals surface area (Å²) in [6.07, 6.45) is 3.19. The van der Waals surface area contributed by atoms with Gasteiger partial charge < -0.3 is 15.7 Å². The smallest absolute Gasteiger partial charge is 0.0608 e. The molecule has 0 aliphatic rings. The molecule has 0 radical (unpaired) electrons. The second kappa shape index (κ2) is 6.38. The Morgan fingerprint density at radius 2 is 1.86 bits per heavy atom. The van der Waals surface area contributed by atoms with Crippen LogP contribution in [0.5, 0.6) is 0 Å². The van der Waals surface area contributed by atoms with Crippen LogP contribution in [-0.4, -0.2) is 41.8 Å². The fourth-order valence-electron chi connectivity index (χ4n) is 1.61. The summed E-state index contributed by atoms with van der Waals surface area (Å²) in [4.78, 5) is 2.33. The van der Waals surface area contributed by atoms with Crippen molar-refractivity contribution in [2.45, 2.75) is 51.6 Å². The van der Waals surface area contributed by atoms with Crippen LogP contribution in [0.15, 0.2) is 0 Å². The van der Waals surface area contributed by atoms with E-state index in [4.69, 9.17) is 10.8 Å². The van der Waals surface area contributed by atoms with Gasteiger partial charge >= 0.3 is 0 Å². The van der Waals surface area contributed by atoms with Gasteiger partial charge in [-0.2, -0.15) is 0 Å². The van der Waals surface area contributed by atoms with E-state index in [1.165, 1.54) is 12.8 Å². The van der Waals surface area contributed by atoms with E-state index in [0.29, 0.717) is 6.04 Å². The molecule has 0 rings (SSSR count). The molecule has 3 nitrogen and oxygen atoms in total. The second-order valence-corrected chi connectivity index (χ2v) is 4.51. The average molecular weight is 202 g/mol. The van der Waals surface area contributed by atoms with E-state index in [2.05, 4.69) is 25.8 Å². The number of nitrogens with zero attached hydrogens (tertiary/aromatic N) is 1. The van der Waals surface area contributed by atoms with Gasteiger partial charge in [0.1, 0.15) is 0 Å². The van der Waals surface area contributed by atoms with Crippen LogP contribution in [0.2, 0.25) is 0 Å². The first kappa shape index (κ1) is 13.9. The van der Waals surface area contributed by atoms with Crippen LogP contribution in [0.25, 0.3) is 0 Å². The molecule has 0 aliphatic heterocycles. The molecule has 0 aromatic rings. The molecule has 86 valence electrons. The molecule has 0 heterocycles. The Bertz CT molecular complexity index is 144. The van der Waals surface area contributed by atoms with Crippen molar-refractivity contribution in [2.24, 2.45) is 5.73 Å². The Hall–Kier alpha value is -0.120. The number of nitrogens with two attached hydrogens (primary N) is 1. The van der Waals surface area contributed by atoms with Crippen molar-refractivity contribution < 1.29 is 5.11 Å². The van der Waals surface area contributed by atoms with E-state index in [1.807, 2.05) is 6.92 Å². The van der Waals surface area contributed by atoms with Crippen LogP contribution in [0.1, 0.15) is 40.0 Å². The van der Waals surface area contributed by atoms with Gasteiger partial charge in [0.25, 0.3) is 0 Å². The molecule has 0 aromatic heterocycles. The fourth-order valence-corrected chi connectivity index (χ4v) is 1.61. The first-order valence-corrected chi connectivity index (χ1v) is 5.56. The minimum Gasteiger partial charge on any atom is -0.394 e. The van der Waals surface area contributed by atoms with Gasteiger partial charge in [0.15, 0.2) is 0 Å². The minimum absolute atomic E-state index is 0.0593. The summed E-state index contributed by atoms with van der Waals surface area (Å²) in [5.41, 5.74) is 5.44. The molecule has 0 spiro atoms. The van der Waals surface area contributed by atoms with Crippen molar-refractivity contribution in [1.82, 2.24) is 4.90 Å². The summed E-state index contributed by atoms with van der Waals surface area (Å²) in [5.74, 6) is 0. The van der Waals surface area contributed by atoms with Crippen molar-refractivity contribution in [1.29, 1.82) is 0 Å². The maximum atomic E-state index is 9.02. The lowest BCUT2D eigenvalue weighted by Gasteiger charge is -2.30. The Kier molecular flexibility index (Phi) is 6.33. The Morgan fingerprint density at radius 3 is 2.21 bits per heavy atom. The van der Waals surface area contributed by atoms with Gasteiger partial charge in [-0.1, -0.05) is 13.8 Å².